The van der Waals surface area contributed by atoms with Gasteiger partial charge in [0.05, 0.1) is 5.69 Å². The Bertz CT molecular complexity index is 662. The molecule has 0 bridgehead atoms. The predicted octanol–water partition coefficient (Wildman–Crippen LogP) is 2.49. The van der Waals surface area contributed by atoms with E-state index in [9.17, 15) is 4.79 Å². The van der Waals surface area contributed by atoms with E-state index in [2.05, 4.69) is 18.0 Å². The van der Waals surface area contributed by atoms with Crippen molar-refractivity contribution in [2.24, 2.45) is 11.7 Å². The van der Waals surface area contributed by atoms with E-state index in [0.717, 1.165) is 34.7 Å². The van der Waals surface area contributed by atoms with Crippen molar-refractivity contribution in [2.45, 2.75) is 32.6 Å². The van der Waals surface area contributed by atoms with Crippen molar-refractivity contribution in [2.75, 3.05) is 5.73 Å². The van der Waals surface area contributed by atoms with E-state index >= 15 is 0 Å². The Balaban J connectivity index is 2.14. The molecule has 0 aliphatic heterocycles. The average molecular weight is 275 g/mol. The number of rotatable bonds is 2. The van der Waals surface area contributed by atoms with E-state index in [-0.39, 0.29) is 0 Å². The van der Waals surface area contributed by atoms with E-state index < -0.39 is 5.91 Å². The number of fused-ring (bicyclic) bond motifs is 2. The van der Waals surface area contributed by atoms with Crippen LogP contribution in [0.25, 0.3) is 10.2 Å². The summed E-state index contributed by atoms with van der Waals surface area (Å²) in [6.45, 7) is 2.23. The molecule has 2 aromatic rings. The van der Waals surface area contributed by atoms with Crippen LogP contribution >= 0.6 is 11.3 Å². The monoisotopic (exact) mass is 275 g/mol. The molecular formula is C14H17N3OS. The molecule has 0 spiro atoms. The maximum Gasteiger partial charge on any atom is 0.260 e. The van der Waals surface area contributed by atoms with Gasteiger partial charge in [0.15, 0.2) is 0 Å². The van der Waals surface area contributed by atoms with Gasteiger partial charge in [-0.15, -0.1) is 11.3 Å². The number of thiophene rings is 1. The lowest BCUT2D eigenvalue weighted by Gasteiger charge is -2.22. The summed E-state index contributed by atoms with van der Waals surface area (Å²) < 4.78 is 0. The highest BCUT2D eigenvalue weighted by molar-refractivity contribution is 7.21. The van der Waals surface area contributed by atoms with Crippen LogP contribution in [0.2, 0.25) is 0 Å². The number of hydrogen-bond acceptors (Lipinski definition) is 4. The number of aryl methyl sites for hydroxylation is 1. The van der Waals surface area contributed by atoms with Gasteiger partial charge in [-0.25, -0.2) is 4.98 Å². The van der Waals surface area contributed by atoms with Crippen LogP contribution in [0.4, 0.5) is 5.69 Å². The Hall–Kier alpha value is -1.62. The summed E-state index contributed by atoms with van der Waals surface area (Å²) in [5.74, 6) is 0.270. The zero-order chi connectivity index (χ0) is 13.6. The zero-order valence-corrected chi connectivity index (χ0v) is 11.7. The Labute approximate surface area is 115 Å². The molecule has 4 nitrogen and oxygen atoms in total. The van der Waals surface area contributed by atoms with E-state index in [1.165, 1.54) is 29.7 Å². The normalized spacial score (nSPS) is 18.5. The zero-order valence-electron chi connectivity index (χ0n) is 10.9. The lowest BCUT2D eigenvalue weighted by molar-refractivity contribution is 0.100. The molecule has 0 radical (unpaired) electrons. The summed E-state index contributed by atoms with van der Waals surface area (Å²) in [4.78, 5) is 17.3. The number of carbonyl (C=O) groups is 1. The molecule has 1 atom stereocenters. The molecule has 100 valence electrons. The molecule has 5 heteroatoms. The number of nitrogens with zero attached hydrogens (tertiary/aromatic N) is 1. The van der Waals surface area contributed by atoms with E-state index in [0.29, 0.717) is 10.6 Å². The summed E-state index contributed by atoms with van der Waals surface area (Å²) >= 11 is 1.30. The van der Waals surface area contributed by atoms with Gasteiger partial charge >= 0.3 is 0 Å². The van der Waals surface area contributed by atoms with Crippen LogP contribution in [0, 0.1) is 5.92 Å². The van der Waals surface area contributed by atoms with Gasteiger partial charge in [-0.2, -0.15) is 0 Å². The fraction of sp³-hybridized carbons (Fsp3) is 0.429. The first-order valence-corrected chi connectivity index (χ1v) is 7.42. The number of hydrogen-bond donors (Lipinski definition) is 2. The number of aromatic nitrogens is 1. The molecule has 0 saturated carbocycles. The van der Waals surface area contributed by atoms with Gasteiger partial charge in [0.1, 0.15) is 9.71 Å². The van der Waals surface area contributed by atoms with Gasteiger partial charge in [0.2, 0.25) is 0 Å². The van der Waals surface area contributed by atoms with Crippen molar-refractivity contribution in [3.05, 3.63) is 22.2 Å². The fourth-order valence-electron chi connectivity index (χ4n) is 2.80. The molecule has 3 rings (SSSR count). The van der Waals surface area contributed by atoms with Gasteiger partial charge in [-0.1, -0.05) is 13.3 Å². The molecule has 0 saturated heterocycles. The standard InChI is InChI=1S/C14H17N3OS/c1-2-7-3-4-10-8(5-7)6-9-11(15)12(13(16)18)19-14(9)17-10/h6-7H,2-5,15H2,1H3,(H2,16,18)/t7-/m0/s1. The molecule has 1 amide bonds. The summed E-state index contributed by atoms with van der Waals surface area (Å²) in [5, 5.41) is 0.884. The first-order chi connectivity index (χ1) is 9.10. The maximum atomic E-state index is 11.3. The topological polar surface area (TPSA) is 82.0 Å². The molecule has 1 aliphatic rings. The molecule has 2 heterocycles. The minimum atomic E-state index is -0.468. The third kappa shape index (κ3) is 1.98. The maximum absolute atomic E-state index is 11.3. The van der Waals surface area contributed by atoms with Crippen molar-refractivity contribution < 1.29 is 4.79 Å². The van der Waals surface area contributed by atoms with Crippen LogP contribution in [0.3, 0.4) is 0 Å². The lowest BCUT2D eigenvalue weighted by atomic mass is 9.85. The summed E-state index contributed by atoms with van der Waals surface area (Å²) in [7, 11) is 0. The lowest BCUT2D eigenvalue weighted by Crippen LogP contribution is -2.14. The molecule has 0 unspecified atom stereocenters. The van der Waals surface area contributed by atoms with Crippen LogP contribution in [-0.2, 0) is 12.8 Å². The predicted molar refractivity (Wildman–Crippen MR) is 78.4 cm³/mol. The first-order valence-electron chi connectivity index (χ1n) is 6.60. The quantitative estimate of drug-likeness (QED) is 0.883. The number of nitrogen functional groups attached to an aromatic ring is 1. The smallest absolute Gasteiger partial charge is 0.260 e. The van der Waals surface area contributed by atoms with Crippen molar-refractivity contribution >= 4 is 33.1 Å². The minimum absolute atomic E-state index is 0.428. The van der Waals surface area contributed by atoms with Crippen LogP contribution in [0.15, 0.2) is 6.07 Å². The third-order valence-electron chi connectivity index (χ3n) is 3.99. The van der Waals surface area contributed by atoms with Crippen molar-refractivity contribution in [3.8, 4) is 0 Å². The minimum Gasteiger partial charge on any atom is -0.397 e. The second-order valence-corrected chi connectivity index (χ2v) is 6.17. The number of carbonyl (C=O) groups excluding carboxylic acids is 1. The van der Waals surface area contributed by atoms with Gasteiger partial charge in [0, 0.05) is 11.1 Å². The fourth-order valence-corrected chi connectivity index (χ4v) is 3.75. The summed E-state index contributed by atoms with van der Waals surface area (Å²) in [5.41, 5.74) is 14.3. The van der Waals surface area contributed by atoms with E-state index in [1.54, 1.807) is 0 Å². The Morgan fingerprint density at radius 3 is 3.05 bits per heavy atom. The SMILES string of the molecule is CC[C@H]1CCc2nc3sc(C(N)=O)c(N)c3cc2C1. The summed E-state index contributed by atoms with van der Waals surface area (Å²) in [6, 6.07) is 2.11. The number of primary amides is 1. The van der Waals surface area contributed by atoms with Gasteiger partial charge in [0.25, 0.3) is 5.91 Å². The van der Waals surface area contributed by atoms with Crippen LogP contribution in [-0.4, -0.2) is 10.9 Å². The van der Waals surface area contributed by atoms with Gasteiger partial charge in [-0.3, -0.25) is 4.79 Å². The van der Waals surface area contributed by atoms with Crippen molar-refractivity contribution in [1.82, 2.24) is 4.98 Å². The van der Waals surface area contributed by atoms with Crippen LogP contribution < -0.4 is 11.5 Å². The second-order valence-electron chi connectivity index (χ2n) is 5.17. The third-order valence-corrected chi connectivity index (χ3v) is 5.12. The van der Waals surface area contributed by atoms with Crippen molar-refractivity contribution in [1.29, 1.82) is 0 Å². The molecule has 1 aliphatic carbocycles. The largest absolute Gasteiger partial charge is 0.397 e. The van der Waals surface area contributed by atoms with Crippen LogP contribution in [0.1, 0.15) is 40.7 Å². The first kappa shape index (κ1) is 12.4. The highest BCUT2D eigenvalue weighted by Gasteiger charge is 2.22. The van der Waals surface area contributed by atoms with E-state index in [1.807, 2.05) is 0 Å². The Morgan fingerprint density at radius 2 is 2.37 bits per heavy atom. The molecule has 0 aromatic carbocycles. The molecular weight excluding hydrogens is 258 g/mol. The van der Waals surface area contributed by atoms with Crippen LogP contribution in [0.5, 0.6) is 0 Å². The average Bonchev–Trinajstić information content (AvgIpc) is 2.73. The van der Waals surface area contributed by atoms with Crippen molar-refractivity contribution in [3.63, 3.8) is 0 Å². The second kappa shape index (κ2) is 4.49. The van der Waals surface area contributed by atoms with Gasteiger partial charge in [-0.05, 0) is 36.8 Å². The van der Waals surface area contributed by atoms with Gasteiger partial charge < -0.3 is 11.5 Å². The molecule has 19 heavy (non-hydrogen) atoms. The van der Waals surface area contributed by atoms with E-state index in [4.69, 9.17) is 11.5 Å². The summed E-state index contributed by atoms with van der Waals surface area (Å²) in [6.07, 6.45) is 4.48. The highest BCUT2D eigenvalue weighted by atomic mass is 32.1. The number of nitrogens with two attached hydrogens (primary N) is 2. The molecule has 2 aromatic heterocycles. The Morgan fingerprint density at radius 1 is 1.58 bits per heavy atom. The number of anilines is 1. The molecule has 4 N–H and O–H groups in total. The highest BCUT2D eigenvalue weighted by Crippen LogP contribution is 2.36. The molecule has 0 fully saturated rings. The number of amides is 1. The Kier molecular flexibility index (Phi) is 2.93. The number of pyridine rings is 1.